The number of piperidine rings is 3. The van der Waals surface area contributed by atoms with Gasteiger partial charge in [0.1, 0.15) is 24.2 Å². The zero-order chi connectivity index (χ0) is 43.5. The van der Waals surface area contributed by atoms with Crippen LogP contribution in [0, 0.1) is 31.4 Å². The lowest BCUT2D eigenvalue weighted by molar-refractivity contribution is -0.137. The van der Waals surface area contributed by atoms with Crippen LogP contribution in [0.1, 0.15) is 71.4 Å². The number of amides is 4. The maximum absolute atomic E-state index is 16.0. The van der Waals surface area contributed by atoms with Gasteiger partial charge >= 0.3 is 0 Å². The van der Waals surface area contributed by atoms with Gasteiger partial charge in [-0.2, -0.15) is 10.2 Å². The first-order chi connectivity index (χ1) is 30.4. The van der Waals surface area contributed by atoms with E-state index in [1.54, 1.807) is 29.1 Å². The summed E-state index contributed by atoms with van der Waals surface area (Å²) in [6, 6.07) is 11.7. The van der Waals surface area contributed by atoms with Gasteiger partial charge in [-0.05, 0) is 99.2 Å². The number of hydrogen-bond acceptors (Lipinski definition) is 11. The summed E-state index contributed by atoms with van der Waals surface area (Å²) in [5.41, 5.74) is 4.54. The molecule has 2 N–H and O–H groups in total. The number of anilines is 3. The monoisotopic (exact) mass is 857 g/mol. The fourth-order valence-corrected chi connectivity index (χ4v) is 10.2. The smallest absolute Gasteiger partial charge is 0.255 e. The van der Waals surface area contributed by atoms with Gasteiger partial charge in [-0.3, -0.25) is 29.2 Å². The van der Waals surface area contributed by atoms with E-state index in [4.69, 9.17) is 5.10 Å². The summed E-state index contributed by atoms with van der Waals surface area (Å²) in [7, 11) is 0. The van der Waals surface area contributed by atoms with E-state index in [9.17, 15) is 19.2 Å². The molecule has 2 aromatic carbocycles. The minimum atomic E-state index is -0.780. The molecule has 15 nitrogen and oxygen atoms in total. The number of pyridine rings is 1. The molecule has 0 saturated carbocycles. The molecule has 10 rings (SSSR count). The van der Waals surface area contributed by atoms with Gasteiger partial charge < -0.3 is 24.9 Å². The molecule has 4 amide bonds. The number of hydrogen-bond donors (Lipinski definition) is 2. The summed E-state index contributed by atoms with van der Waals surface area (Å²) in [5, 5.41) is 20.2. The normalized spacial score (nSPS) is 20.3. The van der Waals surface area contributed by atoms with Gasteiger partial charge in [0.15, 0.2) is 11.6 Å². The summed E-state index contributed by atoms with van der Waals surface area (Å²) in [4.78, 5) is 63.4. The first kappa shape index (κ1) is 40.7. The van der Waals surface area contributed by atoms with Gasteiger partial charge in [0.2, 0.25) is 17.7 Å². The number of nitrogens with zero attached hydrogens (tertiary/aromatic N) is 9. The van der Waals surface area contributed by atoms with Crippen molar-refractivity contribution in [2.24, 2.45) is 5.92 Å². The van der Waals surface area contributed by atoms with Crippen molar-refractivity contribution in [3.05, 3.63) is 88.4 Å². The van der Waals surface area contributed by atoms with Crippen LogP contribution in [0.4, 0.5) is 26.1 Å². The van der Waals surface area contributed by atoms with Crippen LogP contribution >= 0.6 is 0 Å². The van der Waals surface area contributed by atoms with E-state index in [0.29, 0.717) is 71.5 Å². The van der Waals surface area contributed by atoms with Crippen molar-refractivity contribution in [1.29, 1.82) is 0 Å². The van der Waals surface area contributed by atoms with Crippen LogP contribution in [0.25, 0.3) is 22.0 Å². The second-order valence-corrected chi connectivity index (χ2v) is 17.7. The Labute approximate surface area is 362 Å². The highest BCUT2D eigenvalue weighted by atomic mass is 19.1. The largest absolute Gasteiger partial charge is 0.369 e. The molecule has 0 radical (unpaired) electrons. The van der Waals surface area contributed by atoms with Crippen LogP contribution in [0.5, 0.6) is 0 Å². The second-order valence-electron chi connectivity index (χ2n) is 17.7. The quantitative estimate of drug-likeness (QED) is 0.201. The minimum Gasteiger partial charge on any atom is -0.369 e. The molecular formula is C46H49F2N11O4. The van der Waals surface area contributed by atoms with Crippen molar-refractivity contribution in [2.45, 2.75) is 84.0 Å². The fraction of sp³-hybridized carbons (Fsp3) is 0.435. The molecule has 5 aliphatic rings. The number of imide groups is 1. The van der Waals surface area contributed by atoms with Crippen molar-refractivity contribution in [1.82, 2.24) is 45.0 Å². The highest BCUT2D eigenvalue weighted by Crippen LogP contribution is 2.36. The molecule has 3 aromatic heterocycles. The molecule has 326 valence electrons. The van der Waals surface area contributed by atoms with Crippen LogP contribution in [0.15, 0.2) is 48.7 Å². The Morgan fingerprint density at radius 3 is 2.38 bits per heavy atom. The maximum atomic E-state index is 16.0. The molecule has 0 spiro atoms. The predicted molar refractivity (Wildman–Crippen MR) is 230 cm³/mol. The minimum absolute atomic E-state index is 0.0161. The number of carbonyl (C=O) groups excluding carboxylic acids is 4. The Hall–Kier alpha value is -6.36. The molecular weight excluding hydrogens is 809 g/mol. The number of likely N-dealkylation sites (tertiary alicyclic amines) is 1. The number of aromatic nitrogens is 5. The lowest BCUT2D eigenvalue weighted by atomic mass is 9.93. The molecule has 1 unspecified atom stereocenters. The van der Waals surface area contributed by atoms with Crippen LogP contribution in [0.2, 0.25) is 0 Å². The fourth-order valence-electron chi connectivity index (χ4n) is 10.2. The van der Waals surface area contributed by atoms with Crippen molar-refractivity contribution >= 4 is 51.7 Å². The number of nitrogens with one attached hydrogen (secondary N) is 2. The topological polar surface area (TPSA) is 162 Å². The van der Waals surface area contributed by atoms with Crippen molar-refractivity contribution < 1.29 is 28.0 Å². The third kappa shape index (κ3) is 7.87. The van der Waals surface area contributed by atoms with Gasteiger partial charge in [-0.25, -0.2) is 13.8 Å². The summed E-state index contributed by atoms with van der Waals surface area (Å²) < 4.78 is 32.9. The van der Waals surface area contributed by atoms with Gasteiger partial charge in [0, 0.05) is 98.2 Å². The Kier molecular flexibility index (Phi) is 10.6. The lowest BCUT2D eigenvalue weighted by Gasteiger charge is -2.41. The zero-order valence-electron chi connectivity index (χ0n) is 35.4. The molecule has 5 aromatic rings. The van der Waals surface area contributed by atoms with E-state index < -0.39 is 17.8 Å². The van der Waals surface area contributed by atoms with E-state index in [2.05, 4.69) is 35.6 Å². The van der Waals surface area contributed by atoms with E-state index in [1.807, 2.05) is 36.9 Å². The van der Waals surface area contributed by atoms with Crippen molar-refractivity contribution in [3.8, 4) is 11.3 Å². The van der Waals surface area contributed by atoms with Crippen LogP contribution in [-0.2, 0) is 33.9 Å². The predicted octanol–water partition coefficient (Wildman–Crippen LogP) is 5.05. The number of rotatable bonds is 8. The van der Waals surface area contributed by atoms with E-state index in [0.717, 1.165) is 67.7 Å². The number of fused-ring (bicyclic) bond motifs is 3. The first-order valence-corrected chi connectivity index (χ1v) is 21.9. The van der Waals surface area contributed by atoms with Crippen molar-refractivity contribution in [2.75, 3.05) is 49.5 Å². The Morgan fingerprint density at radius 1 is 0.794 bits per heavy atom. The molecule has 1 atom stereocenters. The molecule has 3 fully saturated rings. The Balaban J connectivity index is 0.704. The first-order valence-electron chi connectivity index (χ1n) is 21.9. The SMILES string of the molecule is Cc1cc(C)c(-c2cc3cc(Nc4cc5n(n4)CC(=O)N(C4CCN(CC6CCN(c7ccc8c(c7F)CN(C7CCC(=O)NC7=O)C8=O)CC6)CC4)CC5)ncc3cc2F)nn1. The summed E-state index contributed by atoms with van der Waals surface area (Å²) in [5.74, 6) is -0.351. The molecule has 63 heavy (non-hydrogen) atoms. The van der Waals surface area contributed by atoms with Gasteiger partial charge in [0.25, 0.3) is 5.91 Å². The summed E-state index contributed by atoms with van der Waals surface area (Å²) in [6.07, 6.45) is 6.36. The lowest BCUT2D eigenvalue weighted by Crippen LogP contribution is -2.52. The molecule has 8 heterocycles. The number of benzene rings is 2. The zero-order valence-corrected chi connectivity index (χ0v) is 35.4. The van der Waals surface area contributed by atoms with Gasteiger partial charge in [0.05, 0.1) is 23.6 Å². The van der Waals surface area contributed by atoms with E-state index in [1.165, 1.54) is 11.0 Å². The average Bonchev–Trinajstić information content (AvgIpc) is 3.76. The van der Waals surface area contributed by atoms with E-state index in [-0.39, 0.29) is 61.1 Å². The highest BCUT2D eigenvalue weighted by molar-refractivity contribution is 6.05. The van der Waals surface area contributed by atoms with E-state index >= 15 is 8.78 Å². The molecule has 0 aliphatic carbocycles. The third-order valence-corrected chi connectivity index (χ3v) is 13.6. The molecule has 17 heteroatoms. The van der Waals surface area contributed by atoms with Crippen LogP contribution in [-0.4, -0.2) is 115 Å². The Bertz CT molecular complexity index is 2670. The standard InChI is InChI=1S/C46H49F2N11O4/c1-26-17-27(2)52-53-44(26)34-18-29-20-39(49-22-30(29)19-36(34)47)50-40-21-32-11-16-57(42(61)25-59(32)54-40)31-9-12-55(13-10-31)23-28-7-14-56(15-8-28)37-4-3-33-35(43(37)48)24-58(46(33)63)38-5-6-41(60)51-45(38)62/h3-4,17-22,28,31,38H,5-16,23-25H2,1-2H3,(H,49,50,54)(H,51,60,62). The van der Waals surface area contributed by atoms with Gasteiger partial charge in [-0.1, -0.05) is 0 Å². The Morgan fingerprint density at radius 2 is 1.60 bits per heavy atom. The number of aryl methyl sites for hydroxylation is 2. The maximum Gasteiger partial charge on any atom is 0.255 e. The molecule has 3 saturated heterocycles. The van der Waals surface area contributed by atoms with Crippen LogP contribution < -0.4 is 15.5 Å². The average molecular weight is 858 g/mol. The number of carbonyl (C=O) groups is 4. The summed E-state index contributed by atoms with van der Waals surface area (Å²) in [6.45, 7) is 8.76. The van der Waals surface area contributed by atoms with Crippen molar-refractivity contribution in [3.63, 3.8) is 0 Å². The highest BCUT2D eigenvalue weighted by Gasteiger charge is 2.41. The second kappa shape index (κ2) is 16.4. The molecule has 0 bridgehead atoms. The third-order valence-electron chi connectivity index (χ3n) is 13.6. The summed E-state index contributed by atoms with van der Waals surface area (Å²) >= 11 is 0. The number of halogens is 2. The van der Waals surface area contributed by atoms with Gasteiger partial charge in [-0.15, -0.1) is 5.10 Å². The van der Waals surface area contributed by atoms with Crippen LogP contribution in [0.3, 0.4) is 0 Å². The molecule has 5 aliphatic heterocycles.